The van der Waals surface area contributed by atoms with E-state index in [-0.39, 0.29) is 0 Å². The van der Waals surface area contributed by atoms with E-state index in [4.69, 9.17) is 4.74 Å². The molecule has 0 radical (unpaired) electrons. The first-order chi connectivity index (χ1) is 8.68. The highest BCUT2D eigenvalue weighted by Crippen LogP contribution is 2.17. The molecule has 0 spiro atoms. The zero-order valence-electron chi connectivity index (χ0n) is 10.7. The van der Waals surface area contributed by atoms with Crippen molar-refractivity contribution < 1.29 is 4.74 Å². The molecular formula is C12H17N5O. The second kappa shape index (κ2) is 5.59. The maximum absolute atomic E-state index is 5.41. The number of aromatic nitrogens is 4. The summed E-state index contributed by atoms with van der Waals surface area (Å²) in [7, 11) is 1.86. The van der Waals surface area contributed by atoms with Gasteiger partial charge in [0.25, 0.3) is 0 Å². The van der Waals surface area contributed by atoms with E-state index in [1.807, 2.05) is 14.0 Å². The van der Waals surface area contributed by atoms with Crippen LogP contribution in [0.4, 0.5) is 5.82 Å². The maximum atomic E-state index is 5.41. The van der Waals surface area contributed by atoms with Crippen molar-refractivity contribution in [2.45, 2.75) is 6.92 Å². The number of hydrogen-bond acceptors (Lipinski definition) is 5. The predicted octanol–water partition coefficient (Wildman–Crippen LogP) is 1.37. The Hall–Kier alpha value is -1.95. The van der Waals surface area contributed by atoms with Gasteiger partial charge in [-0.1, -0.05) is 12.2 Å². The lowest BCUT2D eigenvalue weighted by atomic mass is 10.4. The maximum Gasteiger partial charge on any atom is 0.163 e. The smallest absolute Gasteiger partial charge is 0.163 e. The van der Waals surface area contributed by atoms with Crippen molar-refractivity contribution in [3.8, 4) is 0 Å². The minimum atomic E-state index is 0.591. The zero-order valence-corrected chi connectivity index (χ0v) is 10.7. The van der Waals surface area contributed by atoms with Crippen molar-refractivity contribution in [1.82, 2.24) is 19.7 Å². The molecule has 1 N–H and O–H groups in total. The molecule has 2 rings (SSSR count). The minimum absolute atomic E-state index is 0.591. The monoisotopic (exact) mass is 247 g/mol. The molecule has 6 heteroatoms. The Kier molecular flexibility index (Phi) is 3.88. The van der Waals surface area contributed by atoms with Crippen LogP contribution in [0.5, 0.6) is 0 Å². The lowest BCUT2D eigenvalue weighted by Gasteiger charge is -2.07. The highest BCUT2D eigenvalue weighted by molar-refractivity contribution is 5.85. The number of fused-ring (bicyclic) bond motifs is 1. The van der Waals surface area contributed by atoms with E-state index in [1.165, 1.54) is 6.33 Å². The van der Waals surface area contributed by atoms with Gasteiger partial charge in [0.2, 0.25) is 0 Å². The molecular weight excluding hydrogens is 230 g/mol. The van der Waals surface area contributed by atoms with Gasteiger partial charge in [0.1, 0.15) is 12.1 Å². The summed E-state index contributed by atoms with van der Waals surface area (Å²) in [5.74, 6) is 0.784. The summed E-state index contributed by atoms with van der Waals surface area (Å²) < 4.78 is 7.13. The summed E-state index contributed by atoms with van der Waals surface area (Å²) in [6, 6.07) is 0. The van der Waals surface area contributed by atoms with Gasteiger partial charge in [-0.3, -0.25) is 4.68 Å². The van der Waals surface area contributed by atoms with Crippen LogP contribution in [0.3, 0.4) is 0 Å². The molecule has 0 amide bonds. The number of ether oxygens (including phenoxy) is 1. The molecule has 18 heavy (non-hydrogen) atoms. The van der Waals surface area contributed by atoms with Gasteiger partial charge >= 0.3 is 0 Å². The molecule has 0 aliphatic heterocycles. The Morgan fingerprint density at radius 2 is 2.33 bits per heavy atom. The van der Waals surface area contributed by atoms with Crippen LogP contribution in [-0.2, 0) is 11.8 Å². The number of aryl methyl sites for hydroxylation is 1. The Bertz CT molecular complexity index is 548. The second-order valence-corrected chi connectivity index (χ2v) is 4.16. The lowest BCUT2D eigenvalue weighted by Crippen LogP contribution is -2.11. The van der Waals surface area contributed by atoms with Crippen molar-refractivity contribution in [2.24, 2.45) is 7.05 Å². The van der Waals surface area contributed by atoms with Crippen molar-refractivity contribution in [2.75, 3.05) is 25.1 Å². The third-order valence-electron chi connectivity index (χ3n) is 2.42. The van der Waals surface area contributed by atoms with Crippen LogP contribution in [0.15, 0.2) is 24.7 Å². The third-order valence-corrected chi connectivity index (χ3v) is 2.42. The topological polar surface area (TPSA) is 64.9 Å². The van der Waals surface area contributed by atoms with Crippen LogP contribution in [0.2, 0.25) is 0 Å². The SMILES string of the molecule is C=C(C)COCCNc1ncnc2c1cnn2C. The van der Waals surface area contributed by atoms with Gasteiger partial charge < -0.3 is 10.1 Å². The van der Waals surface area contributed by atoms with E-state index in [2.05, 4.69) is 27.0 Å². The predicted molar refractivity (Wildman–Crippen MR) is 70.4 cm³/mol. The van der Waals surface area contributed by atoms with Gasteiger partial charge in [-0.05, 0) is 6.92 Å². The van der Waals surface area contributed by atoms with E-state index in [9.17, 15) is 0 Å². The standard InChI is InChI=1S/C12H17N5O/c1-9(2)7-18-5-4-13-11-10-6-16-17(3)12(10)15-8-14-11/h6,8H,1,4-5,7H2,2-3H3,(H,13,14,15). The largest absolute Gasteiger partial charge is 0.375 e. The van der Waals surface area contributed by atoms with Gasteiger partial charge in [-0.25, -0.2) is 9.97 Å². The summed E-state index contributed by atoms with van der Waals surface area (Å²) in [5.41, 5.74) is 1.84. The van der Waals surface area contributed by atoms with Gasteiger partial charge in [0, 0.05) is 13.6 Å². The van der Waals surface area contributed by atoms with Crippen LogP contribution < -0.4 is 5.32 Å². The molecule has 2 aromatic heterocycles. The number of rotatable bonds is 6. The van der Waals surface area contributed by atoms with Gasteiger partial charge in [-0.15, -0.1) is 0 Å². The summed E-state index contributed by atoms with van der Waals surface area (Å²) in [6.07, 6.45) is 3.29. The summed E-state index contributed by atoms with van der Waals surface area (Å²) >= 11 is 0. The summed E-state index contributed by atoms with van der Waals surface area (Å²) in [4.78, 5) is 8.38. The van der Waals surface area contributed by atoms with E-state index in [0.29, 0.717) is 19.8 Å². The number of hydrogen-bond donors (Lipinski definition) is 1. The van der Waals surface area contributed by atoms with Gasteiger partial charge in [0.05, 0.1) is 24.8 Å². The first-order valence-corrected chi connectivity index (χ1v) is 5.77. The molecule has 0 aromatic carbocycles. The van der Waals surface area contributed by atoms with Crippen molar-refractivity contribution in [3.05, 3.63) is 24.7 Å². The average Bonchev–Trinajstić information content (AvgIpc) is 2.71. The fourth-order valence-electron chi connectivity index (χ4n) is 1.59. The number of nitrogens with one attached hydrogen (secondary N) is 1. The second-order valence-electron chi connectivity index (χ2n) is 4.16. The molecule has 0 saturated heterocycles. The fraction of sp³-hybridized carbons (Fsp3) is 0.417. The Morgan fingerprint density at radius 1 is 1.50 bits per heavy atom. The van der Waals surface area contributed by atoms with Crippen LogP contribution in [0.25, 0.3) is 11.0 Å². The molecule has 0 aliphatic rings. The number of anilines is 1. The first kappa shape index (κ1) is 12.5. The van der Waals surface area contributed by atoms with Crippen molar-refractivity contribution >= 4 is 16.9 Å². The Balaban J connectivity index is 1.93. The molecule has 0 unspecified atom stereocenters. The molecule has 0 saturated carbocycles. The van der Waals surface area contributed by atoms with Gasteiger partial charge in [-0.2, -0.15) is 5.10 Å². The molecule has 0 atom stereocenters. The van der Waals surface area contributed by atoms with Crippen molar-refractivity contribution in [3.63, 3.8) is 0 Å². The molecule has 2 heterocycles. The highest BCUT2D eigenvalue weighted by atomic mass is 16.5. The molecule has 0 fully saturated rings. The molecule has 0 aliphatic carbocycles. The summed E-state index contributed by atoms with van der Waals surface area (Å²) in [5, 5.41) is 8.29. The molecule has 2 aromatic rings. The number of nitrogens with zero attached hydrogens (tertiary/aromatic N) is 4. The van der Waals surface area contributed by atoms with Crippen LogP contribution >= 0.6 is 0 Å². The zero-order chi connectivity index (χ0) is 13.0. The Morgan fingerprint density at radius 3 is 3.11 bits per heavy atom. The quantitative estimate of drug-likeness (QED) is 0.617. The molecule has 96 valence electrons. The van der Waals surface area contributed by atoms with E-state index in [0.717, 1.165) is 22.4 Å². The Labute approximate surface area is 106 Å². The minimum Gasteiger partial charge on any atom is -0.375 e. The molecule has 0 bridgehead atoms. The van der Waals surface area contributed by atoms with Crippen LogP contribution in [-0.4, -0.2) is 39.5 Å². The molecule has 6 nitrogen and oxygen atoms in total. The van der Waals surface area contributed by atoms with Crippen molar-refractivity contribution in [1.29, 1.82) is 0 Å². The highest BCUT2D eigenvalue weighted by Gasteiger charge is 2.06. The van der Waals surface area contributed by atoms with Crippen LogP contribution in [0.1, 0.15) is 6.92 Å². The fourth-order valence-corrected chi connectivity index (χ4v) is 1.59. The van der Waals surface area contributed by atoms with Crippen LogP contribution in [0, 0.1) is 0 Å². The van der Waals surface area contributed by atoms with E-state index < -0.39 is 0 Å². The van der Waals surface area contributed by atoms with Gasteiger partial charge in [0.15, 0.2) is 5.65 Å². The average molecular weight is 247 g/mol. The first-order valence-electron chi connectivity index (χ1n) is 5.77. The third kappa shape index (κ3) is 2.84. The van der Waals surface area contributed by atoms with E-state index >= 15 is 0 Å². The normalized spacial score (nSPS) is 10.8. The summed E-state index contributed by atoms with van der Waals surface area (Å²) in [6.45, 7) is 7.61. The lowest BCUT2D eigenvalue weighted by molar-refractivity contribution is 0.167. The van der Waals surface area contributed by atoms with E-state index in [1.54, 1.807) is 10.9 Å².